The number of nitrogens with one attached hydrogen (secondary N) is 1. The number of hydrogen-bond acceptors (Lipinski definition) is 6. The summed E-state index contributed by atoms with van der Waals surface area (Å²) in [6.45, 7) is 4.77. The monoisotopic (exact) mass is 269 g/mol. The van der Waals surface area contributed by atoms with Crippen molar-refractivity contribution in [1.29, 1.82) is 0 Å². The van der Waals surface area contributed by atoms with Gasteiger partial charge in [-0.05, 0) is 25.8 Å². The van der Waals surface area contributed by atoms with Gasteiger partial charge >= 0.3 is 5.97 Å². The first-order chi connectivity index (χ1) is 9.07. The van der Waals surface area contributed by atoms with Crippen LogP contribution in [0.15, 0.2) is 0 Å². The lowest BCUT2D eigenvalue weighted by Crippen LogP contribution is -2.15. The number of rotatable bonds is 8. The number of carbonyl (C=O) groups is 1. The molecule has 1 rings (SSSR count). The van der Waals surface area contributed by atoms with E-state index in [-0.39, 0.29) is 18.0 Å². The third-order valence-corrected chi connectivity index (χ3v) is 2.66. The Morgan fingerprint density at radius 1 is 1.32 bits per heavy atom. The molecule has 0 saturated heterocycles. The first-order valence-corrected chi connectivity index (χ1v) is 6.07. The Morgan fingerprint density at radius 2 is 2.05 bits per heavy atom. The van der Waals surface area contributed by atoms with Gasteiger partial charge in [0.15, 0.2) is 5.82 Å². The molecule has 19 heavy (non-hydrogen) atoms. The minimum Gasteiger partial charge on any atom is -0.478 e. The van der Waals surface area contributed by atoms with Gasteiger partial charge in [0.25, 0.3) is 0 Å². The maximum absolute atomic E-state index is 11.2. The molecule has 0 aliphatic carbocycles. The molecule has 1 heterocycles. The number of hydrogen-bond donors (Lipinski definition) is 3. The van der Waals surface area contributed by atoms with Gasteiger partial charge < -0.3 is 20.3 Å². The molecule has 3 N–H and O–H groups in total. The smallest absolute Gasteiger partial charge is 0.339 e. The largest absolute Gasteiger partial charge is 0.478 e. The van der Waals surface area contributed by atoms with Crippen LogP contribution < -0.4 is 5.32 Å². The number of nitrogens with zero attached hydrogens (tertiary/aromatic N) is 2. The first-order valence-electron chi connectivity index (χ1n) is 6.07. The van der Waals surface area contributed by atoms with Crippen LogP contribution in [0.5, 0.6) is 0 Å². The minimum absolute atomic E-state index is 0.000771. The zero-order valence-electron chi connectivity index (χ0n) is 11.1. The molecule has 0 radical (unpaired) electrons. The van der Waals surface area contributed by atoms with Crippen LogP contribution in [0.4, 0.5) is 5.82 Å². The van der Waals surface area contributed by atoms with Crippen molar-refractivity contribution in [3.63, 3.8) is 0 Å². The summed E-state index contributed by atoms with van der Waals surface area (Å²) in [5, 5.41) is 28.4. The molecule has 0 amide bonds. The summed E-state index contributed by atoms with van der Waals surface area (Å²) in [5.41, 5.74) is 1.37. The highest BCUT2D eigenvalue weighted by atomic mass is 16.5. The van der Waals surface area contributed by atoms with Gasteiger partial charge in [-0.3, -0.25) is 0 Å². The van der Waals surface area contributed by atoms with Gasteiger partial charge in [0.1, 0.15) is 5.56 Å². The van der Waals surface area contributed by atoms with Gasteiger partial charge in [-0.2, -0.15) is 5.10 Å². The van der Waals surface area contributed by atoms with Crippen molar-refractivity contribution in [2.75, 3.05) is 31.7 Å². The van der Waals surface area contributed by atoms with Gasteiger partial charge in [-0.25, -0.2) is 4.79 Å². The molecule has 7 nitrogen and oxygen atoms in total. The number of anilines is 1. The molecule has 0 spiro atoms. The highest BCUT2D eigenvalue weighted by Crippen LogP contribution is 2.18. The average Bonchev–Trinajstić information content (AvgIpc) is 2.37. The molecule has 0 aromatic carbocycles. The number of aromatic nitrogens is 2. The van der Waals surface area contributed by atoms with Crippen molar-refractivity contribution in [2.24, 2.45) is 0 Å². The summed E-state index contributed by atoms with van der Waals surface area (Å²) >= 11 is 0. The zero-order chi connectivity index (χ0) is 14.3. The lowest BCUT2D eigenvalue weighted by molar-refractivity contribution is 0.0696. The van der Waals surface area contributed by atoms with Gasteiger partial charge in [-0.15, -0.1) is 5.10 Å². The van der Waals surface area contributed by atoms with E-state index < -0.39 is 5.97 Å². The molecular formula is C12H19N3O4. The summed E-state index contributed by atoms with van der Waals surface area (Å²) in [4.78, 5) is 11.2. The van der Waals surface area contributed by atoms with Crippen LogP contribution in [0.2, 0.25) is 0 Å². The lowest BCUT2D eigenvalue weighted by atomic mass is 10.1. The number of aryl methyl sites for hydroxylation is 1. The topological polar surface area (TPSA) is 105 Å². The number of ether oxygens (including phenoxy) is 1. The van der Waals surface area contributed by atoms with Crippen LogP contribution in [-0.2, 0) is 4.74 Å². The van der Waals surface area contributed by atoms with Gasteiger partial charge in [0.05, 0.1) is 18.9 Å². The Hall–Kier alpha value is -1.73. The molecule has 0 atom stereocenters. The van der Waals surface area contributed by atoms with Crippen molar-refractivity contribution in [1.82, 2.24) is 10.2 Å². The van der Waals surface area contributed by atoms with E-state index in [9.17, 15) is 9.90 Å². The minimum atomic E-state index is -1.02. The predicted octanol–water partition coefficient (Wildman–Crippen LogP) is 0.603. The number of carboxylic acids is 1. The number of aliphatic hydroxyl groups is 1. The molecule has 0 saturated carbocycles. The normalized spacial score (nSPS) is 10.5. The molecule has 0 bridgehead atoms. The van der Waals surface area contributed by atoms with E-state index in [1.807, 2.05) is 0 Å². The second-order valence-corrected chi connectivity index (χ2v) is 4.06. The van der Waals surface area contributed by atoms with Crippen LogP contribution in [0.1, 0.15) is 28.0 Å². The molecule has 0 aliphatic heterocycles. The highest BCUT2D eigenvalue weighted by molar-refractivity contribution is 5.94. The molecule has 1 aromatic heterocycles. The Kier molecular flexibility index (Phi) is 6.17. The third-order valence-electron chi connectivity index (χ3n) is 2.66. The molecular weight excluding hydrogens is 250 g/mol. The summed E-state index contributed by atoms with van der Waals surface area (Å²) in [7, 11) is 0. The van der Waals surface area contributed by atoms with Crippen LogP contribution in [-0.4, -0.2) is 52.7 Å². The summed E-state index contributed by atoms with van der Waals surface area (Å²) < 4.78 is 5.10. The van der Waals surface area contributed by atoms with E-state index in [1.54, 1.807) is 13.8 Å². The van der Waals surface area contributed by atoms with Crippen molar-refractivity contribution >= 4 is 11.8 Å². The Bertz CT molecular complexity index is 437. The fourth-order valence-electron chi connectivity index (χ4n) is 1.54. The second-order valence-electron chi connectivity index (χ2n) is 4.06. The zero-order valence-corrected chi connectivity index (χ0v) is 11.1. The van der Waals surface area contributed by atoms with Crippen LogP contribution in [0.3, 0.4) is 0 Å². The maximum atomic E-state index is 11.2. The standard InChI is InChI=1S/C12H19N3O4/c1-8-9(2)14-15-11(10(8)12(17)18)13-4-3-6-19-7-5-16/h16H,3-7H2,1-2H3,(H,13,15)(H,17,18). The van der Waals surface area contributed by atoms with Crippen LogP contribution in [0, 0.1) is 13.8 Å². The molecule has 1 aromatic rings. The SMILES string of the molecule is Cc1nnc(NCCCOCCO)c(C(=O)O)c1C. The quantitative estimate of drug-likeness (QED) is 0.593. The predicted molar refractivity (Wildman–Crippen MR) is 69.5 cm³/mol. The fourth-order valence-corrected chi connectivity index (χ4v) is 1.54. The average molecular weight is 269 g/mol. The molecule has 7 heteroatoms. The van der Waals surface area contributed by atoms with Crippen molar-refractivity contribution in [3.8, 4) is 0 Å². The Balaban J connectivity index is 2.58. The number of carboxylic acid groups (broad SMARTS) is 1. The number of aliphatic hydroxyl groups excluding tert-OH is 1. The number of aromatic carboxylic acids is 1. The van der Waals surface area contributed by atoms with Crippen molar-refractivity contribution in [2.45, 2.75) is 20.3 Å². The highest BCUT2D eigenvalue weighted by Gasteiger charge is 2.17. The summed E-state index contributed by atoms with van der Waals surface area (Å²) in [5.74, 6) is -0.743. The van der Waals surface area contributed by atoms with Crippen molar-refractivity contribution < 1.29 is 19.7 Å². The first kappa shape index (κ1) is 15.3. The van der Waals surface area contributed by atoms with E-state index in [0.29, 0.717) is 37.4 Å². The Labute approximate surface area is 111 Å². The lowest BCUT2D eigenvalue weighted by Gasteiger charge is -2.11. The van der Waals surface area contributed by atoms with E-state index >= 15 is 0 Å². The van der Waals surface area contributed by atoms with Gasteiger partial charge in [0, 0.05) is 13.2 Å². The summed E-state index contributed by atoms with van der Waals surface area (Å²) in [6.07, 6.45) is 0.688. The fraction of sp³-hybridized carbons (Fsp3) is 0.583. The van der Waals surface area contributed by atoms with Gasteiger partial charge in [-0.1, -0.05) is 0 Å². The molecule has 0 aliphatic rings. The van der Waals surface area contributed by atoms with Crippen LogP contribution in [0.25, 0.3) is 0 Å². The van der Waals surface area contributed by atoms with Crippen molar-refractivity contribution in [3.05, 3.63) is 16.8 Å². The molecule has 0 fully saturated rings. The maximum Gasteiger partial charge on any atom is 0.339 e. The van der Waals surface area contributed by atoms with E-state index in [0.717, 1.165) is 0 Å². The van der Waals surface area contributed by atoms with Crippen LogP contribution >= 0.6 is 0 Å². The van der Waals surface area contributed by atoms with E-state index in [2.05, 4.69) is 15.5 Å². The van der Waals surface area contributed by atoms with E-state index in [1.165, 1.54) is 0 Å². The second kappa shape index (κ2) is 7.65. The molecule has 0 unspecified atom stereocenters. The van der Waals surface area contributed by atoms with Gasteiger partial charge in [0.2, 0.25) is 0 Å². The Morgan fingerprint density at radius 3 is 2.68 bits per heavy atom. The summed E-state index contributed by atoms with van der Waals surface area (Å²) in [6, 6.07) is 0. The molecule has 106 valence electrons. The van der Waals surface area contributed by atoms with E-state index in [4.69, 9.17) is 9.84 Å². The third kappa shape index (κ3) is 4.46.